The molecule has 2 aromatic carbocycles. The van der Waals surface area contributed by atoms with Crippen molar-refractivity contribution in [2.75, 3.05) is 5.73 Å². The van der Waals surface area contributed by atoms with E-state index in [1.807, 2.05) is 30.3 Å². The average molecular weight is 302 g/mol. The van der Waals surface area contributed by atoms with Crippen LogP contribution < -0.4 is 5.73 Å². The van der Waals surface area contributed by atoms with Crippen LogP contribution in [0.3, 0.4) is 0 Å². The number of nitrogens with two attached hydrogens (primary N) is 1. The number of hydrogen-bond donors (Lipinski definition) is 1. The Kier molecular flexibility index (Phi) is 3.39. The van der Waals surface area contributed by atoms with E-state index in [1.54, 1.807) is 19.2 Å². The number of nitrogen functional groups attached to an aromatic ring is 1. The van der Waals surface area contributed by atoms with E-state index in [4.69, 9.17) is 17.3 Å². The number of aryl methyl sites for hydroxylation is 1. The minimum absolute atomic E-state index is 0.269. The fraction of sp³-hybridized carbons (Fsp3) is 0.0625. The maximum Gasteiger partial charge on any atom is 0.134 e. The van der Waals surface area contributed by atoms with E-state index < -0.39 is 5.82 Å². The zero-order chi connectivity index (χ0) is 15.0. The summed E-state index contributed by atoms with van der Waals surface area (Å²) in [6, 6.07) is 14.1. The van der Waals surface area contributed by atoms with E-state index in [0.29, 0.717) is 22.1 Å². The first-order valence-corrected chi connectivity index (χ1v) is 6.79. The van der Waals surface area contributed by atoms with Gasteiger partial charge in [-0.15, -0.1) is 0 Å². The highest BCUT2D eigenvalue weighted by atomic mass is 35.5. The molecule has 0 radical (unpaired) electrons. The minimum Gasteiger partial charge on any atom is -0.383 e. The molecule has 0 atom stereocenters. The molecular weight excluding hydrogens is 289 g/mol. The van der Waals surface area contributed by atoms with Crippen LogP contribution in [0.5, 0.6) is 0 Å². The lowest BCUT2D eigenvalue weighted by molar-refractivity contribution is 0.630. The zero-order valence-corrected chi connectivity index (χ0v) is 12.1. The molecule has 0 amide bonds. The third-order valence-electron chi connectivity index (χ3n) is 3.35. The molecule has 2 N–H and O–H groups in total. The van der Waals surface area contributed by atoms with Gasteiger partial charge in [0, 0.05) is 7.05 Å². The minimum atomic E-state index is -0.419. The van der Waals surface area contributed by atoms with Crippen molar-refractivity contribution in [1.82, 2.24) is 9.78 Å². The molecule has 3 aromatic rings. The molecule has 3 nitrogen and oxygen atoms in total. The third kappa shape index (κ3) is 2.28. The average Bonchev–Trinajstić information content (AvgIpc) is 2.75. The van der Waals surface area contributed by atoms with Gasteiger partial charge in [0.15, 0.2) is 0 Å². The normalized spacial score (nSPS) is 10.8. The summed E-state index contributed by atoms with van der Waals surface area (Å²) in [6.45, 7) is 0. The molecule has 1 aromatic heterocycles. The molecule has 0 aliphatic heterocycles. The molecule has 106 valence electrons. The highest BCUT2D eigenvalue weighted by molar-refractivity contribution is 6.33. The number of hydrogen-bond acceptors (Lipinski definition) is 2. The van der Waals surface area contributed by atoms with Gasteiger partial charge in [-0.3, -0.25) is 4.68 Å². The summed E-state index contributed by atoms with van der Waals surface area (Å²) < 4.78 is 15.7. The first-order chi connectivity index (χ1) is 10.1. The molecule has 0 spiro atoms. The van der Waals surface area contributed by atoms with E-state index in [1.165, 1.54) is 10.7 Å². The third-order valence-corrected chi connectivity index (χ3v) is 3.67. The quantitative estimate of drug-likeness (QED) is 0.773. The van der Waals surface area contributed by atoms with Crippen LogP contribution in [-0.4, -0.2) is 9.78 Å². The Morgan fingerprint density at radius 3 is 2.43 bits per heavy atom. The largest absolute Gasteiger partial charge is 0.383 e. The van der Waals surface area contributed by atoms with Crippen LogP contribution in [0.2, 0.25) is 5.02 Å². The van der Waals surface area contributed by atoms with Gasteiger partial charge in [0.05, 0.1) is 16.1 Å². The van der Waals surface area contributed by atoms with Crippen LogP contribution >= 0.6 is 11.6 Å². The highest BCUT2D eigenvalue weighted by Crippen LogP contribution is 2.39. The number of halogens is 2. The lowest BCUT2D eigenvalue weighted by Crippen LogP contribution is -1.97. The Morgan fingerprint density at radius 2 is 1.76 bits per heavy atom. The Bertz CT molecular complexity index is 777. The summed E-state index contributed by atoms with van der Waals surface area (Å²) >= 11 is 6.16. The molecule has 5 heteroatoms. The second-order valence-corrected chi connectivity index (χ2v) is 5.10. The van der Waals surface area contributed by atoms with Gasteiger partial charge in [-0.05, 0) is 17.7 Å². The summed E-state index contributed by atoms with van der Waals surface area (Å²) in [6.07, 6.45) is 0. The van der Waals surface area contributed by atoms with Gasteiger partial charge in [-0.2, -0.15) is 5.10 Å². The van der Waals surface area contributed by atoms with Crippen molar-refractivity contribution < 1.29 is 4.39 Å². The molecule has 0 aliphatic rings. The molecule has 21 heavy (non-hydrogen) atoms. The second kappa shape index (κ2) is 5.22. The van der Waals surface area contributed by atoms with Crippen LogP contribution in [0.4, 0.5) is 10.2 Å². The van der Waals surface area contributed by atoms with Gasteiger partial charge in [-0.1, -0.05) is 48.0 Å². The number of benzene rings is 2. The summed E-state index contributed by atoms with van der Waals surface area (Å²) in [5, 5.41) is 4.66. The van der Waals surface area contributed by atoms with Crippen molar-refractivity contribution in [2.45, 2.75) is 0 Å². The molecule has 0 fully saturated rings. The molecule has 0 saturated heterocycles. The molecule has 0 unspecified atom stereocenters. The van der Waals surface area contributed by atoms with E-state index in [0.717, 1.165) is 5.56 Å². The summed E-state index contributed by atoms with van der Waals surface area (Å²) in [5.74, 6) is 0.0494. The van der Waals surface area contributed by atoms with Crippen molar-refractivity contribution in [2.24, 2.45) is 7.05 Å². The molecule has 3 rings (SSSR count). The lowest BCUT2D eigenvalue weighted by Gasteiger charge is -2.07. The van der Waals surface area contributed by atoms with Gasteiger partial charge < -0.3 is 5.73 Å². The Balaban J connectivity index is 2.33. The number of nitrogens with zero attached hydrogens (tertiary/aromatic N) is 2. The highest BCUT2D eigenvalue weighted by Gasteiger charge is 2.21. The second-order valence-electron chi connectivity index (χ2n) is 4.70. The SMILES string of the molecule is Cn1nc(-c2c(F)cccc2Cl)c(-c2ccccc2)c1N. The summed E-state index contributed by atoms with van der Waals surface area (Å²) in [7, 11) is 1.72. The van der Waals surface area contributed by atoms with Gasteiger partial charge in [0.1, 0.15) is 17.3 Å². The predicted octanol–water partition coefficient (Wildman–Crippen LogP) is 4.13. The van der Waals surface area contributed by atoms with E-state index in [-0.39, 0.29) is 5.56 Å². The van der Waals surface area contributed by atoms with E-state index >= 15 is 0 Å². The smallest absolute Gasteiger partial charge is 0.134 e. The summed E-state index contributed by atoms with van der Waals surface area (Å²) in [4.78, 5) is 0. The first kappa shape index (κ1) is 13.6. The molecular formula is C16H13ClFN3. The molecule has 1 heterocycles. The van der Waals surface area contributed by atoms with Gasteiger partial charge >= 0.3 is 0 Å². The fourth-order valence-corrected chi connectivity index (χ4v) is 2.58. The molecule has 0 aliphatic carbocycles. The maximum atomic E-state index is 14.2. The van der Waals surface area contributed by atoms with Crippen LogP contribution in [0, 0.1) is 5.82 Å². The number of rotatable bonds is 2. The van der Waals surface area contributed by atoms with Crippen molar-refractivity contribution in [3.05, 3.63) is 59.4 Å². The Morgan fingerprint density at radius 1 is 1.05 bits per heavy atom. The van der Waals surface area contributed by atoms with Crippen LogP contribution in [0.1, 0.15) is 0 Å². The standard InChI is InChI=1S/C16H13ClFN3/c1-21-16(19)13(10-6-3-2-4-7-10)15(20-21)14-11(17)8-5-9-12(14)18/h2-9H,19H2,1H3. The number of aromatic nitrogens is 2. The van der Waals surface area contributed by atoms with Gasteiger partial charge in [0.2, 0.25) is 0 Å². The fourth-order valence-electron chi connectivity index (χ4n) is 2.33. The number of anilines is 1. The monoisotopic (exact) mass is 301 g/mol. The van der Waals surface area contributed by atoms with Crippen LogP contribution in [0.25, 0.3) is 22.4 Å². The summed E-state index contributed by atoms with van der Waals surface area (Å²) in [5.41, 5.74) is 8.38. The Hall–Kier alpha value is -2.33. The topological polar surface area (TPSA) is 43.8 Å². The van der Waals surface area contributed by atoms with Gasteiger partial charge in [-0.25, -0.2) is 4.39 Å². The first-order valence-electron chi connectivity index (χ1n) is 6.42. The van der Waals surface area contributed by atoms with E-state index in [2.05, 4.69) is 5.10 Å². The zero-order valence-electron chi connectivity index (χ0n) is 11.3. The van der Waals surface area contributed by atoms with Crippen molar-refractivity contribution in [1.29, 1.82) is 0 Å². The van der Waals surface area contributed by atoms with Crippen molar-refractivity contribution in [3.8, 4) is 22.4 Å². The van der Waals surface area contributed by atoms with Crippen molar-refractivity contribution in [3.63, 3.8) is 0 Å². The van der Waals surface area contributed by atoms with E-state index in [9.17, 15) is 4.39 Å². The molecule has 0 saturated carbocycles. The lowest BCUT2D eigenvalue weighted by atomic mass is 10.0. The maximum absolute atomic E-state index is 14.2. The predicted molar refractivity (Wildman–Crippen MR) is 83.5 cm³/mol. The Labute approximate surface area is 126 Å². The molecule has 0 bridgehead atoms. The van der Waals surface area contributed by atoms with Gasteiger partial charge in [0.25, 0.3) is 0 Å². The van der Waals surface area contributed by atoms with Crippen molar-refractivity contribution >= 4 is 17.4 Å². The van der Waals surface area contributed by atoms with Crippen LogP contribution in [-0.2, 0) is 7.05 Å². The van der Waals surface area contributed by atoms with Crippen LogP contribution in [0.15, 0.2) is 48.5 Å².